The molecule has 0 spiro atoms. The van der Waals surface area contributed by atoms with Crippen LogP contribution in [0.1, 0.15) is 20.3 Å². The van der Waals surface area contributed by atoms with Crippen molar-refractivity contribution in [1.29, 1.82) is 0 Å². The molecule has 13 heavy (non-hydrogen) atoms. The molecule has 0 radical (unpaired) electrons. The van der Waals surface area contributed by atoms with Gasteiger partial charge in [-0.1, -0.05) is 37.7 Å². The summed E-state index contributed by atoms with van der Waals surface area (Å²) in [5, 5.41) is 4.11. The molecule has 0 fully saturated rings. The van der Waals surface area contributed by atoms with Crippen LogP contribution in [0.15, 0.2) is 29.2 Å². The molecule has 1 heterocycles. The Kier molecular flexibility index (Phi) is 2.49. The van der Waals surface area contributed by atoms with Gasteiger partial charge in [0.25, 0.3) is 0 Å². The molecular weight excluding hydrogens is 178 g/mol. The molecule has 0 aromatic heterocycles. The lowest BCUT2D eigenvalue weighted by Gasteiger charge is -2.12. The summed E-state index contributed by atoms with van der Waals surface area (Å²) in [7, 11) is 0. The minimum Gasteiger partial charge on any atom is -0.372 e. The Morgan fingerprint density at radius 1 is 1.38 bits per heavy atom. The first kappa shape index (κ1) is 8.95. The number of fused-ring (bicyclic) bond motifs is 1. The highest BCUT2D eigenvalue weighted by molar-refractivity contribution is 8.00. The molecular formula is C11H15NS. The Hall–Kier alpha value is -0.630. The Balaban J connectivity index is 2.05. The molecule has 1 N–H and O–H groups in total. The van der Waals surface area contributed by atoms with Gasteiger partial charge >= 0.3 is 0 Å². The third-order valence-corrected chi connectivity index (χ3v) is 3.36. The van der Waals surface area contributed by atoms with Gasteiger partial charge in [-0.3, -0.25) is 0 Å². The highest BCUT2D eigenvalue weighted by Gasteiger charge is 2.20. The maximum atomic E-state index is 3.53. The average molecular weight is 193 g/mol. The van der Waals surface area contributed by atoms with E-state index in [4.69, 9.17) is 0 Å². The lowest BCUT2D eigenvalue weighted by Crippen LogP contribution is -2.12. The van der Waals surface area contributed by atoms with E-state index in [1.165, 1.54) is 17.0 Å². The number of nitrogens with one attached hydrogen (secondary N) is 1. The first-order valence-corrected chi connectivity index (χ1v) is 5.66. The largest absolute Gasteiger partial charge is 0.372 e. The van der Waals surface area contributed by atoms with Gasteiger partial charge in [-0.25, -0.2) is 0 Å². The molecule has 0 aliphatic carbocycles. The molecule has 1 aromatic rings. The summed E-state index contributed by atoms with van der Waals surface area (Å²) in [5.41, 5.74) is 1.30. The fourth-order valence-corrected chi connectivity index (χ4v) is 2.96. The normalized spacial score (nSPS) is 20.1. The lowest BCUT2D eigenvalue weighted by molar-refractivity contribution is 0.592. The number of benzene rings is 1. The zero-order valence-electron chi connectivity index (χ0n) is 8.08. The summed E-state index contributed by atoms with van der Waals surface area (Å²) >= 11 is 1.95. The van der Waals surface area contributed by atoms with Crippen molar-refractivity contribution in [1.82, 2.24) is 0 Å². The fraction of sp³-hybridized carbons (Fsp3) is 0.455. The number of para-hydroxylation sites is 1. The van der Waals surface area contributed by atoms with Gasteiger partial charge in [0.2, 0.25) is 0 Å². The van der Waals surface area contributed by atoms with Crippen LogP contribution in [0.5, 0.6) is 0 Å². The summed E-state index contributed by atoms with van der Waals surface area (Å²) in [4.78, 5) is 1.40. The molecule has 2 heteroatoms. The smallest absolute Gasteiger partial charge is 0.0772 e. The summed E-state index contributed by atoms with van der Waals surface area (Å²) in [6.07, 6.45) is 1.24. The summed E-state index contributed by atoms with van der Waals surface area (Å²) in [6, 6.07) is 8.53. The second kappa shape index (κ2) is 3.62. The van der Waals surface area contributed by atoms with Crippen molar-refractivity contribution in [3.63, 3.8) is 0 Å². The van der Waals surface area contributed by atoms with Crippen molar-refractivity contribution in [3.05, 3.63) is 24.3 Å². The van der Waals surface area contributed by atoms with Crippen molar-refractivity contribution in [3.8, 4) is 0 Å². The Labute approximate surface area is 83.9 Å². The van der Waals surface area contributed by atoms with Gasteiger partial charge in [0.1, 0.15) is 0 Å². The van der Waals surface area contributed by atoms with Gasteiger partial charge < -0.3 is 5.32 Å². The SMILES string of the molecule is CC(C)CC1Nc2ccccc2S1. The molecule has 1 aromatic carbocycles. The number of rotatable bonds is 2. The third kappa shape index (κ3) is 1.99. The molecule has 0 saturated carbocycles. The topological polar surface area (TPSA) is 12.0 Å². The zero-order valence-corrected chi connectivity index (χ0v) is 8.90. The van der Waals surface area contributed by atoms with E-state index in [9.17, 15) is 0 Å². The fourth-order valence-electron chi connectivity index (χ4n) is 1.58. The van der Waals surface area contributed by atoms with Crippen molar-refractivity contribution in [2.75, 3.05) is 5.32 Å². The van der Waals surface area contributed by atoms with Gasteiger partial charge in [-0.05, 0) is 24.5 Å². The van der Waals surface area contributed by atoms with Crippen LogP contribution in [-0.2, 0) is 0 Å². The van der Waals surface area contributed by atoms with Crippen molar-refractivity contribution in [2.24, 2.45) is 5.92 Å². The van der Waals surface area contributed by atoms with Crippen LogP contribution in [-0.4, -0.2) is 5.37 Å². The van der Waals surface area contributed by atoms with Gasteiger partial charge in [0.05, 0.1) is 5.37 Å². The van der Waals surface area contributed by atoms with E-state index in [0.29, 0.717) is 5.37 Å². The van der Waals surface area contributed by atoms with Crippen LogP contribution >= 0.6 is 11.8 Å². The predicted molar refractivity (Wildman–Crippen MR) is 59.2 cm³/mol. The van der Waals surface area contributed by atoms with E-state index in [0.717, 1.165) is 5.92 Å². The van der Waals surface area contributed by atoms with E-state index < -0.39 is 0 Å². The first-order chi connectivity index (χ1) is 6.25. The Morgan fingerprint density at radius 2 is 2.15 bits per heavy atom. The second-order valence-corrected chi connectivity index (χ2v) is 5.12. The number of thioether (sulfide) groups is 1. The van der Waals surface area contributed by atoms with Crippen LogP contribution in [0, 0.1) is 5.92 Å². The van der Waals surface area contributed by atoms with Crippen molar-refractivity contribution >= 4 is 17.4 Å². The first-order valence-electron chi connectivity index (χ1n) is 4.78. The second-order valence-electron chi connectivity index (χ2n) is 3.88. The van der Waals surface area contributed by atoms with E-state index >= 15 is 0 Å². The quantitative estimate of drug-likeness (QED) is 0.770. The lowest BCUT2D eigenvalue weighted by atomic mass is 10.1. The van der Waals surface area contributed by atoms with Gasteiger partial charge in [-0.2, -0.15) is 0 Å². The molecule has 2 rings (SSSR count). The molecule has 1 nitrogen and oxygen atoms in total. The van der Waals surface area contributed by atoms with Gasteiger partial charge in [0.15, 0.2) is 0 Å². The van der Waals surface area contributed by atoms with Gasteiger partial charge in [-0.15, -0.1) is 0 Å². The van der Waals surface area contributed by atoms with E-state index in [1.54, 1.807) is 0 Å². The molecule has 1 aliphatic rings. The molecule has 0 amide bonds. The highest BCUT2D eigenvalue weighted by atomic mass is 32.2. The van der Waals surface area contributed by atoms with Crippen LogP contribution in [0.3, 0.4) is 0 Å². The summed E-state index contributed by atoms with van der Waals surface area (Å²) < 4.78 is 0. The van der Waals surface area contributed by atoms with Crippen LogP contribution < -0.4 is 5.32 Å². The maximum Gasteiger partial charge on any atom is 0.0772 e. The van der Waals surface area contributed by atoms with Gasteiger partial charge in [0, 0.05) is 10.6 Å². The summed E-state index contributed by atoms with van der Waals surface area (Å²) in [5.74, 6) is 0.763. The number of hydrogen-bond donors (Lipinski definition) is 1. The van der Waals surface area contributed by atoms with E-state index in [2.05, 4.69) is 43.4 Å². The predicted octanol–water partition coefficient (Wildman–Crippen LogP) is 3.58. The van der Waals surface area contributed by atoms with Crippen molar-refractivity contribution < 1.29 is 0 Å². The molecule has 0 bridgehead atoms. The van der Waals surface area contributed by atoms with Crippen molar-refractivity contribution in [2.45, 2.75) is 30.5 Å². The third-order valence-electron chi connectivity index (χ3n) is 2.16. The molecule has 0 saturated heterocycles. The maximum absolute atomic E-state index is 3.53. The van der Waals surface area contributed by atoms with Crippen LogP contribution in [0.25, 0.3) is 0 Å². The Morgan fingerprint density at radius 3 is 2.85 bits per heavy atom. The van der Waals surface area contributed by atoms with E-state index in [-0.39, 0.29) is 0 Å². The molecule has 70 valence electrons. The Bertz CT molecular complexity index is 271. The minimum atomic E-state index is 0.581. The zero-order chi connectivity index (χ0) is 9.26. The monoisotopic (exact) mass is 193 g/mol. The number of hydrogen-bond acceptors (Lipinski definition) is 2. The van der Waals surface area contributed by atoms with Crippen LogP contribution in [0.4, 0.5) is 5.69 Å². The molecule has 1 aliphatic heterocycles. The summed E-state index contributed by atoms with van der Waals surface area (Å²) in [6.45, 7) is 4.54. The highest BCUT2D eigenvalue weighted by Crippen LogP contribution is 2.40. The van der Waals surface area contributed by atoms with E-state index in [1.807, 2.05) is 11.8 Å². The average Bonchev–Trinajstić information content (AvgIpc) is 2.44. The standard InChI is InChI=1S/C11H15NS/c1-8(2)7-11-12-9-5-3-4-6-10(9)13-11/h3-6,8,11-12H,7H2,1-2H3. The van der Waals surface area contributed by atoms with Crippen LogP contribution in [0.2, 0.25) is 0 Å². The molecule has 1 unspecified atom stereocenters. The minimum absolute atomic E-state index is 0.581. The molecule has 1 atom stereocenters. The number of anilines is 1.